The number of benzene rings is 3. The number of hydrogen-bond acceptors (Lipinski definition) is 3. The van der Waals surface area contributed by atoms with Crippen molar-refractivity contribution in [3.63, 3.8) is 0 Å². The number of carbonyl (C=O) groups excluding carboxylic acids is 1. The lowest BCUT2D eigenvalue weighted by molar-refractivity contribution is -0.123. The Bertz CT molecular complexity index is 977. The molecule has 0 atom stereocenters. The van der Waals surface area contributed by atoms with Gasteiger partial charge < -0.3 is 4.74 Å². The second kappa shape index (κ2) is 9.00. The number of nitrogens with zero attached hydrogens (tertiary/aromatic N) is 1. The zero-order valence-electron chi connectivity index (χ0n) is 16.4. The summed E-state index contributed by atoms with van der Waals surface area (Å²) in [6.45, 7) is 5.84. The fourth-order valence-corrected chi connectivity index (χ4v) is 2.73. The van der Waals surface area contributed by atoms with Crippen LogP contribution in [0.1, 0.15) is 23.6 Å². The monoisotopic (exact) mass is 372 g/mol. The molecule has 28 heavy (non-hydrogen) atoms. The second-order valence-electron chi connectivity index (χ2n) is 6.71. The molecular formula is C24H24N2O2. The molecule has 4 heteroatoms. The van der Waals surface area contributed by atoms with Crippen molar-refractivity contribution < 1.29 is 9.53 Å². The molecule has 0 aliphatic heterocycles. The third-order valence-corrected chi connectivity index (χ3v) is 4.61. The van der Waals surface area contributed by atoms with Gasteiger partial charge in [0.1, 0.15) is 5.75 Å². The van der Waals surface area contributed by atoms with Crippen molar-refractivity contribution in [2.45, 2.75) is 20.8 Å². The molecule has 0 aliphatic carbocycles. The molecule has 0 aromatic heterocycles. The van der Waals surface area contributed by atoms with E-state index in [0.29, 0.717) is 5.75 Å². The van der Waals surface area contributed by atoms with E-state index in [0.717, 1.165) is 22.4 Å². The first kappa shape index (κ1) is 19.4. The van der Waals surface area contributed by atoms with Crippen LogP contribution in [-0.4, -0.2) is 18.2 Å². The first-order chi connectivity index (χ1) is 13.5. The zero-order chi connectivity index (χ0) is 19.9. The number of ether oxygens (including phenoxy) is 1. The van der Waals surface area contributed by atoms with Crippen LogP contribution in [-0.2, 0) is 4.79 Å². The van der Waals surface area contributed by atoms with Crippen molar-refractivity contribution in [1.82, 2.24) is 5.43 Å². The first-order valence-electron chi connectivity index (χ1n) is 9.22. The summed E-state index contributed by atoms with van der Waals surface area (Å²) in [5.41, 5.74) is 8.87. The van der Waals surface area contributed by atoms with E-state index in [1.54, 1.807) is 0 Å². The number of hydrazone groups is 1. The molecule has 1 amide bonds. The van der Waals surface area contributed by atoms with E-state index >= 15 is 0 Å². The van der Waals surface area contributed by atoms with Crippen LogP contribution in [0.4, 0.5) is 0 Å². The lowest BCUT2D eigenvalue weighted by Gasteiger charge is -2.08. The standard InChI is InChI=1S/C24H24N2O2/c1-17-9-14-23(15-18(17)2)28-16-24(27)26-25-19(3)20-10-12-22(13-11-20)21-7-5-4-6-8-21/h4-15H,16H2,1-3H3,(H,26,27). The van der Waals surface area contributed by atoms with Crippen molar-refractivity contribution in [2.24, 2.45) is 5.10 Å². The van der Waals surface area contributed by atoms with Gasteiger partial charge in [-0.05, 0) is 60.7 Å². The maximum absolute atomic E-state index is 12.0. The summed E-state index contributed by atoms with van der Waals surface area (Å²) in [6, 6.07) is 24.0. The van der Waals surface area contributed by atoms with E-state index in [1.807, 2.05) is 81.4 Å². The molecule has 0 unspecified atom stereocenters. The molecule has 0 fully saturated rings. The Morgan fingerprint density at radius 2 is 1.57 bits per heavy atom. The molecule has 1 N–H and O–H groups in total. The van der Waals surface area contributed by atoms with Crippen LogP contribution < -0.4 is 10.2 Å². The fraction of sp³-hybridized carbons (Fsp3) is 0.167. The summed E-state index contributed by atoms with van der Waals surface area (Å²) in [5.74, 6) is 0.383. The third kappa shape index (κ3) is 5.07. The Morgan fingerprint density at radius 3 is 2.25 bits per heavy atom. The van der Waals surface area contributed by atoms with E-state index < -0.39 is 0 Å². The largest absolute Gasteiger partial charge is 0.484 e. The number of carbonyl (C=O) groups is 1. The summed E-state index contributed by atoms with van der Waals surface area (Å²) in [7, 11) is 0. The molecule has 142 valence electrons. The van der Waals surface area contributed by atoms with Crippen LogP contribution in [0.2, 0.25) is 0 Å². The fourth-order valence-electron chi connectivity index (χ4n) is 2.73. The van der Waals surface area contributed by atoms with Gasteiger partial charge in [-0.2, -0.15) is 5.10 Å². The molecule has 4 nitrogen and oxygen atoms in total. The van der Waals surface area contributed by atoms with Gasteiger partial charge in [-0.15, -0.1) is 0 Å². The minimum absolute atomic E-state index is 0.0772. The lowest BCUT2D eigenvalue weighted by atomic mass is 10.0. The van der Waals surface area contributed by atoms with Gasteiger partial charge in [-0.3, -0.25) is 4.79 Å². The molecule has 0 heterocycles. The van der Waals surface area contributed by atoms with E-state index in [9.17, 15) is 4.79 Å². The number of rotatable bonds is 6. The van der Waals surface area contributed by atoms with E-state index in [4.69, 9.17) is 4.74 Å². The van der Waals surface area contributed by atoms with Gasteiger partial charge in [0.2, 0.25) is 0 Å². The molecule has 0 saturated carbocycles. The van der Waals surface area contributed by atoms with E-state index in [2.05, 4.69) is 22.7 Å². The SMILES string of the molecule is CC(=NNC(=O)COc1ccc(C)c(C)c1)c1ccc(-c2ccccc2)cc1. The summed E-state index contributed by atoms with van der Waals surface area (Å²) < 4.78 is 5.53. The Balaban J connectivity index is 1.56. The Kier molecular flexibility index (Phi) is 6.22. The van der Waals surface area contributed by atoms with Crippen molar-refractivity contribution >= 4 is 11.6 Å². The number of amides is 1. The van der Waals surface area contributed by atoms with E-state index in [1.165, 1.54) is 11.1 Å². The predicted octanol–water partition coefficient (Wildman–Crippen LogP) is 4.89. The normalized spacial score (nSPS) is 11.2. The van der Waals surface area contributed by atoms with Gasteiger partial charge >= 0.3 is 0 Å². The van der Waals surface area contributed by atoms with Crippen molar-refractivity contribution in [2.75, 3.05) is 6.61 Å². The molecular weight excluding hydrogens is 348 g/mol. The first-order valence-corrected chi connectivity index (χ1v) is 9.22. The minimum Gasteiger partial charge on any atom is -0.484 e. The second-order valence-corrected chi connectivity index (χ2v) is 6.71. The summed E-state index contributed by atoms with van der Waals surface area (Å²) in [6.07, 6.45) is 0. The topological polar surface area (TPSA) is 50.7 Å². The zero-order valence-corrected chi connectivity index (χ0v) is 16.4. The highest BCUT2D eigenvalue weighted by Gasteiger charge is 2.05. The van der Waals surface area contributed by atoms with Gasteiger partial charge in [0, 0.05) is 0 Å². The van der Waals surface area contributed by atoms with Crippen LogP contribution in [0.15, 0.2) is 77.9 Å². The molecule has 0 spiro atoms. The Labute approximate surface area is 165 Å². The summed E-state index contributed by atoms with van der Waals surface area (Å²) in [5, 5.41) is 4.18. The van der Waals surface area contributed by atoms with Crippen LogP contribution in [0, 0.1) is 13.8 Å². The molecule has 0 radical (unpaired) electrons. The van der Waals surface area contributed by atoms with E-state index in [-0.39, 0.29) is 12.5 Å². The van der Waals surface area contributed by atoms with Crippen molar-refractivity contribution in [3.05, 3.63) is 89.5 Å². The molecule has 0 saturated heterocycles. The number of aryl methyl sites for hydroxylation is 2. The molecule has 0 aliphatic rings. The highest BCUT2D eigenvalue weighted by atomic mass is 16.5. The van der Waals surface area contributed by atoms with Crippen molar-refractivity contribution in [1.29, 1.82) is 0 Å². The summed E-state index contributed by atoms with van der Waals surface area (Å²) in [4.78, 5) is 12.0. The quantitative estimate of drug-likeness (QED) is 0.495. The smallest absolute Gasteiger partial charge is 0.277 e. The molecule has 3 aromatic carbocycles. The van der Waals surface area contributed by atoms with Gasteiger partial charge in [0.15, 0.2) is 6.61 Å². The van der Waals surface area contributed by atoms with Crippen LogP contribution in [0.5, 0.6) is 5.75 Å². The van der Waals surface area contributed by atoms with Crippen LogP contribution in [0.3, 0.4) is 0 Å². The van der Waals surface area contributed by atoms with Crippen molar-refractivity contribution in [3.8, 4) is 16.9 Å². The highest BCUT2D eigenvalue weighted by molar-refractivity contribution is 5.99. The Hall–Kier alpha value is -3.40. The number of nitrogens with one attached hydrogen (secondary N) is 1. The predicted molar refractivity (Wildman–Crippen MR) is 114 cm³/mol. The molecule has 3 aromatic rings. The van der Waals surface area contributed by atoms with Gasteiger partial charge in [-0.25, -0.2) is 5.43 Å². The number of hydrogen-bond donors (Lipinski definition) is 1. The lowest BCUT2D eigenvalue weighted by Crippen LogP contribution is -2.25. The van der Waals surface area contributed by atoms with Gasteiger partial charge in [0.05, 0.1) is 5.71 Å². The molecule has 0 bridgehead atoms. The van der Waals surface area contributed by atoms with Crippen LogP contribution in [0.25, 0.3) is 11.1 Å². The average molecular weight is 372 g/mol. The molecule has 3 rings (SSSR count). The third-order valence-electron chi connectivity index (χ3n) is 4.61. The minimum atomic E-state index is -0.293. The van der Waals surface area contributed by atoms with Gasteiger partial charge in [0.25, 0.3) is 5.91 Å². The maximum Gasteiger partial charge on any atom is 0.277 e. The van der Waals surface area contributed by atoms with Gasteiger partial charge in [-0.1, -0.05) is 60.7 Å². The highest BCUT2D eigenvalue weighted by Crippen LogP contribution is 2.19. The maximum atomic E-state index is 12.0. The average Bonchev–Trinajstić information content (AvgIpc) is 2.73. The summed E-state index contributed by atoms with van der Waals surface area (Å²) >= 11 is 0. The Morgan fingerprint density at radius 1 is 0.893 bits per heavy atom. The van der Waals surface area contributed by atoms with Crippen LogP contribution >= 0.6 is 0 Å².